The van der Waals surface area contributed by atoms with E-state index in [1.165, 1.54) is 42.1 Å². The van der Waals surface area contributed by atoms with Crippen molar-refractivity contribution in [1.29, 1.82) is 0 Å². The molecule has 82 valence electrons. The van der Waals surface area contributed by atoms with Gasteiger partial charge in [0.25, 0.3) is 0 Å². The number of benzene rings is 1. The van der Waals surface area contributed by atoms with Crippen molar-refractivity contribution in [3.05, 3.63) is 33.8 Å². The van der Waals surface area contributed by atoms with Gasteiger partial charge < -0.3 is 0 Å². The number of halogens is 1. The van der Waals surface area contributed by atoms with Crippen LogP contribution in [0.2, 0.25) is 0 Å². The first-order valence-corrected chi connectivity index (χ1v) is 6.89. The fourth-order valence-corrected chi connectivity index (χ4v) is 3.11. The van der Waals surface area contributed by atoms with E-state index >= 15 is 0 Å². The molecule has 0 spiro atoms. The largest absolute Gasteiger partial charge is 0.0613 e. The highest BCUT2D eigenvalue weighted by Crippen LogP contribution is 2.36. The minimum Gasteiger partial charge on any atom is -0.0613 e. The van der Waals surface area contributed by atoms with Crippen LogP contribution in [-0.4, -0.2) is 0 Å². The van der Waals surface area contributed by atoms with Crippen LogP contribution in [0.3, 0.4) is 0 Å². The smallest absolute Gasteiger partial charge is 0.0210 e. The van der Waals surface area contributed by atoms with Gasteiger partial charge in [-0.15, -0.1) is 0 Å². The maximum atomic E-state index is 3.70. The Kier molecular flexibility index (Phi) is 3.85. The van der Waals surface area contributed by atoms with Crippen LogP contribution < -0.4 is 0 Å². The van der Waals surface area contributed by atoms with E-state index in [1.807, 2.05) is 0 Å². The SMILES string of the molecule is CCc1ccc(Br)c(C2CCCCC2)c1. The standard InChI is InChI=1S/C14H19Br/c1-2-11-8-9-14(15)13(10-11)12-6-4-3-5-7-12/h8-10,12H,2-7H2,1H3. The fourth-order valence-electron chi connectivity index (χ4n) is 2.54. The molecule has 1 heteroatoms. The molecule has 15 heavy (non-hydrogen) atoms. The van der Waals surface area contributed by atoms with Crippen molar-refractivity contribution in [2.75, 3.05) is 0 Å². The molecule has 1 aliphatic rings. The molecule has 0 bridgehead atoms. The monoisotopic (exact) mass is 266 g/mol. The van der Waals surface area contributed by atoms with Gasteiger partial charge in [-0.3, -0.25) is 0 Å². The first kappa shape index (κ1) is 11.2. The molecule has 0 N–H and O–H groups in total. The van der Waals surface area contributed by atoms with E-state index in [9.17, 15) is 0 Å². The summed E-state index contributed by atoms with van der Waals surface area (Å²) in [5, 5.41) is 0. The molecule has 1 aromatic rings. The van der Waals surface area contributed by atoms with Gasteiger partial charge in [0.15, 0.2) is 0 Å². The van der Waals surface area contributed by atoms with Gasteiger partial charge in [0, 0.05) is 4.47 Å². The van der Waals surface area contributed by atoms with Gasteiger partial charge in [-0.05, 0) is 42.4 Å². The Balaban J connectivity index is 2.24. The lowest BCUT2D eigenvalue weighted by Gasteiger charge is -2.23. The molecule has 0 amide bonds. The third-order valence-electron chi connectivity index (χ3n) is 3.51. The molecule has 1 aliphatic carbocycles. The summed E-state index contributed by atoms with van der Waals surface area (Å²) in [6, 6.07) is 6.86. The third-order valence-corrected chi connectivity index (χ3v) is 4.24. The summed E-state index contributed by atoms with van der Waals surface area (Å²) in [6.07, 6.45) is 8.16. The lowest BCUT2D eigenvalue weighted by molar-refractivity contribution is 0.442. The molecule has 1 aromatic carbocycles. The van der Waals surface area contributed by atoms with Crippen LogP contribution in [0, 0.1) is 0 Å². The van der Waals surface area contributed by atoms with Gasteiger partial charge in [-0.1, -0.05) is 54.2 Å². The summed E-state index contributed by atoms with van der Waals surface area (Å²) in [4.78, 5) is 0. The van der Waals surface area contributed by atoms with Crippen molar-refractivity contribution in [3.63, 3.8) is 0 Å². The Labute approximate surface area is 101 Å². The summed E-state index contributed by atoms with van der Waals surface area (Å²) < 4.78 is 1.31. The predicted molar refractivity (Wildman–Crippen MR) is 69.3 cm³/mol. The molecule has 0 radical (unpaired) electrons. The van der Waals surface area contributed by atoms with E-state index in [0.717, 1.165) is 12.3 Å². The van der Waals surface area contributed by atoms with E-state index in [1.54, 1.807) is 5.56 Å². The maximum absolute atomic E-state index is 3.70. The summed E-state index contributed by atoms with van der Waals surface area (Å²) >= 11 is 3.70. The van der Waals surface area contributed by atoms with Crippen molar-refractivity contribution in [1.82, 2.24) is 0 Å². The van der Waals surface area contributed by atoms with E-state index in [2.05, 4.69) is 41.1 Å². The Morgan fingerprint density at radius 2 is 1.93 bits per heavy atom. The van der Waals surface area contributed by atoms with Gasteiger partial charge in [-0.2, -0.15) is 0 Å². The molecule has 0 unspecified atom stereocenters. The topological polar surface area (TPSA) is 0 Å². The minimum atomic E-state index is 0.805. The number of aryl methyl sites for hydroxylation is 1. The average molecular weight is 267 g/mol. The zero-order valence-electron chi connectivity index (χ0n) is 9.43. The van der Waals surface area contributed by atoms with Crippen LogP contribution in [-0.2, 0) is 6.42 Å². The predicted octanol–water partition coefficient (Wildman–Crippen LogP) is 5.06. The molecule has 0 saturated heterocycles. The zero-order valence-corrected chi connectivity index (χ0v) is 11.0. The lowest BCUT2D eigenvalue weighted by atomic mass is 9.83. The first-order valence-electron chi connectivity index (χ1n) is 6.09. The average Bonchev–Trinajstić information content (AvgIpc) is 2.31. The van der Waals surface area contributed by atoms with Gasteiger partial charge in [-0.25, -0.2) is 0 Å². The van der Waals surface area contributed by atoms with Crippen LogP contribution in [0.25, 0.3) is 0 Å². The Morgan fingerprint density at radius 1 is 1.20 bits per heavy atom. The highest BCUT2D eigenvalue weighted by Gasteiger charge is 2.17. The van der Waals surface area contributed by atoms with Crippen LogP contribution in [0.1, 0.15) is 56.1 Å². The van der Waals surface area contributed by atoms with Crippen molar-refractivity contribution < 1.29 is 0 Å². The molecule has 0 aliphatic heterocycles. The number of rotatable bonds is 2. The molecule has 2 rings (SSSR count). The summed E-state index contributed by atoms with van der Waals surface area (Å²) in [6.45, 7) is 2.23. The minimum absolute atomic E-state index is 0.805. The summed E-state index contributed by atoms with van der Waals surface area (Å²) in [7, 11) is 0. The van der Waals surface area contributed by atoms with Crippen molar-refractivity contribution in [2.24, 2.45) is 0 Å². The van der Waals surface area contributed by atoms with Gasteiger partial charge >= 0.3 is 0 Å². The van der Waals surface area contributed by atoms with Gasteiger partial charge in [0.2, 0.25) is 0 Å². The van der Waals surface area contributed by atoms with Crippen LogP contribution in [0.4, 0.5) is 0 Å². The molecular formula is C14H19Br. The molecular weight excluding hydrogens is 248 g/mol. The third kappa shape index (κ3) is 2.63. The quantitative estimate of drug-likeness (QED) is 0.702. The van der Waals surface area contributed by atoms with Crippen LogP contribution >= 0.6 is 15.9 Å². The number of hydrogen-bond acceptors (Lipinski definition) is 0. The Bertz CT molecular complexity index is 324. The summed E-state index contributed by atoms with van der Waals surface area (Å²) in [5.74, 6) is 0.805. The van der Waals surface area contributed by atoms with Gasteiger partial charge in [0.05, 0.1) is 0 Å². The molecule has 1 saturated carbocycles. The second kappa shape index (κ2) is 5.16. The van der Waals surface area contributed by atoms with Crippen molar-refractivity contribution >= 4 is 15.9 Å². The molecule has 0 atom stereocenters. The van der Waals surface area contributed by atoms with Crippen molar-refractivity contribution in [2.45, 2.75) is 51.4 Å². The molecule has 0 aromatic heterocycles. The summed E-state index contributed by atoms with van der Waals surface area (Å²) in [5.41, 5.74) is 3.02. The van der Waals surface area contributed by atoms with E-state index in [4.69, 9.17) is 0 Å². The fraction of sp³-hybridized carbons (Fsp3) is 0.571. The Hall–Kier alpha value is -0.300. The van der Waals surface area contributed by atoms with Crippen molar-refractivity contribution in [3.8, 4) is 0 Å². The highest BCUT2D eigenvalue weighted by atomic mass is 79.9. The van der Waals surface area contributed by atoms with Crippen LogP contribution in [0.5, 0.6) is 0 Å². The molecule has 1 fully saturated rings. The highest BCUT2D eigenvalue weighted by molar-refractivity contribution is 9.10. The van der Waals surface area contributed by atoms with E-state index in [-0.39, 0.29) is 0 Å². The Morgan fingerprint density at radius 3 is 2.60 bits per heavy atom. The van der Waals surface area contributed by atoms with E-state index < -0.39 is 0 Å². The lowest BCUT2D eigenvalue weighted by Crippen LogP contribution is -2.05. The normalized spacial score (nSPS) is 18.0. The van der Waals surface area contributed by atoms with Gasteiger partial charge in [0.1, 0.15) is 0 Å². The zero-order chi connectivity index (χ0) is 10.7. The molecule has 0 heterocycles. The second-order valence-corrected chi connectivity index (χ2v) is 5.40. The second-order valence-electron chi connectivity index (χ2n) is 4.54. The molecule has 0 nitrogen and oxygen atoms in total. The first-order chi connectivity index (χ1) is 7.31. The maximum Gasteiger partial charge on any atom is 0.0210 e. The number of hydrogen-bond donors (Lipinski definition) is 0. The van der Waals surface area contributed by atoms with Crippen LogP contribution in [0.15, 0.2) is 22.7 Å². The van der Waals surface area contributed by atoms with E-state index in [0.29, 0.717) is 0 Å².